The maximum atomic E-state index is 13.5. The van der Waals surface area contributed by atoms with Crippen molar-refractivity contribution in [2.75, 3.05) is 6.61 Å². The third-order valence-corrected chi connectivity index (χ3v) is 7.03. The van der Waals surface area contributed by atoms with E-state index >= 15 is 0 Å². The Labute approximate surface area is 190 Å². The summed E-state index contributed by atoms with van der Waals surface area (Å²) in [6.45, 7) is -0.166. The summed E-state index contributed by atoms with van der Waals surface area (Å²) >= 11 is 5.66. The highest BCUT2D eigenvalue weighted by Gasteiger charge is 2.68. The highest BCUT2D eigenvalue weighted by Crippen LogP contribution is 2.60. The molecule has 9 heteroatoms. The molecule has 2 unspecified atom stereocenters. The number of carbonyl (C=O) groups excluding carboxylic acids is 1. The smallest absolute Gasteiger partial charge is 0.258 e. The van der Waals surface area contributed by atoms with Crippen molar-refractivity contribution in [1.82, 2.24) is 20.5 Å². The van der Waals surface area contributed by atoms with Gasteiger partial charge in [0.25, 0.3) is 11.5 Å². The van der Waals surface area contributed by atoms with E-state index in [1.54, 1.807) is 16.7 Å². The minimum absolute atomic E-state index is 0.00129. The summed E-state index contributed by atoms with van der Waals surface area (Å²) in [7, 11) is 0. The zero-order chi connectivity index (χ0) is 22.3. The van der Waals surface area contributed by atoms with Crippen molar-refractivity contribution in [3.05, 3.63) is 63.8 Å². The number of aromatic nitrogens is 1. The number of hydrogen-bond acceptors (Lipinski definition) is 5. The molecule has 32 heavy (non-hydrogen) atoms. The quantitative estimate of drug-likeness (QED) is 0.591. The van der Waals surface area contributed by atoms with Crippen LogP contribution < -0.4 is 26.2 Å². The molecule has 1 aromatic heterocycles. The Balaban J connectivity index is 1.09. The summed E-state index contributed by atoms with van der Waals surface area (Å²) in [6, 6.07) is 9.32. The van der Waals surface area contributed by atoms with Gasteiger partial charge in [-0.2, -0.15) is 0 Å². The summed E-state index contributed by atoms with van der Waals surface area (Å²) < 4.78 is 20.6. The molecule has 1 aliphatic heterocycles. The van der Waals surface area contributed by atoms with E-state index < -0.39 is 5.82 Å². The molecule has 0 radical (unpaired) electrons. The largest absolute Gasteiger partial charge is 0.484 e. The van der Waals surface area contributed by atoms with Gasteiger partial charge in [0.05, 0.1) is 17.4 Å². The molecule has 2 bridgehead atoms. The van der Waals surface area contributed by atoms with Crippen molar-refractivity contribution in [2.24, 2.45) is 0 Å². The van der Waals surface area contributed by atoms with Crippen LogP contribution in [0.2, 0.25) is 5.02 Å². The van der Waals surface area contributed by atoms with E-state index in [0.717, 1.165) is 38.5 Å². The number of piperidine rings is 1. The number of nitrogens with one attached hydrogen (secondary N) is 3. The molecule has 1 saturated heterocycles. The summed E-state index contributed by atoms with van der Waals surface area (Å²) in [5.41, 5.74) is -0.140. The van der Waals surface area contributed by atoms with Gasteiger partial charge in [0.2, 0.25) is 0 Å². The minimum atomic E-state index is -0.576. The molecule has 2 aromatic rings. The average Bonchev–Trinajstić information content (AvgIpc) is 2.73. The minimum Gasteiger partial charge on any atom is -0.484 e. The van der Waals surface area contributed by atoms with E-state index in [9.17, 15) is 14.0 Å². The first-order valence-corrected chi connectivity index (χ1v) is 11.3. The Bertz CT molecular complexity index is 1070. The molecule has 2 atom stereocenters. The van der Waals surface area contributed by atoms with Gasteiger partial charge in [0, 0.05) is 29.4 Å². The van der Waals surface area contributed by atoms with Crippen LogP contribution in [0.4, 0.5) is 4.39 Å². The van der Waals surface area contributed by atoms with Crippen LogP contribution in [-0.2, 0) is 4.79 Å². The van der Waals surface area contributed by atoms with E-state index in [-0.39, 0.29) is 52.3 Å². The van der Waals surface area contributed by atoms with Crippen LogP contribution in [0.25, 0.3) is 0 Å². The second-order valence-corrected chi connectivity index (χ2v) is 9.67. The molecular formula is C23H26ClFN4O3. The number of pyridine rings is 1. The van der Waals surface area contributed by atoms with Gasteiger partial charge in [-0.3, -0.25) is 24.8 Å². The van der Waals surface area contributed by atoms with Gasteiger partial charge in [0.1, 0.15) is 11.6 Å². The summed E-state index contributed by atoms with van der Waals surface area (Å²) in [4.78, 5) is 24.4. The van der Waals surface area contributed by atoms with Crippen LogP contribution >= 0.6 is 11.6 Å². The third kappa shape index (κ3) is 4.14. The molecule has 1 amide bonds. The fourth-order valence-electron chi connectivity index (χ4n) is 5.44. The third-order valence-electron chi connectivity index (χ3n) is 6.73. The van der Waals surface area contributed by atoms with Gasteiger partial charge in [-0.25, -0.2) is 4.39 Å². The predicted molar refractivity (Wildman–Crippen MR) is 118 cm³/mol. The number of amides is 1. The van der Waals surface area contributed by atoms with Gasteiger partial charge in [-0.15, -0.1) is 0 Å². The molecule has 1 aromatic carbocycles. The maximum Gasteiger partial charge on any atom is 0.258 e. The molecule has 7 nitrogen and oxygen atoms in total. The maximum absolute atomic E-state index is 13.5. The van der Waals surface area contributed by atoms with Gasteiger partial charge < -0.3 is 10.1 Å². The highest BCUT2D eigenvalue weighted by atomic mass is 35.5. The first-order chi connectivity index (χ1) is 15.4. The molecule has 3 N–H and O–H groups in total. The average molecular weight is 461 g/mol. The Morgan fingerprint density at radius 2 is 2.03 bits per heavy atom. The number of halogens is 2. The Kier molecular flexibility index (Phi) is 5.47. The number of hydrogen-bond donors (Lipinski definition) is 3. The fourth-order valence-corrected chi connectivity index (χ4v) is 5.55. The molecule has 170 valence electrons. The van der Waals surface area contributed by atoms with Crippen LogP contribution in [0, 0.1) is 5.82 Å². The van der Waals surface area contributed by atoms with E-state index in [0.29, 0.717) is 0 Å². The number of nitrogens with zero attached hydrogens (tertiary/aromatic N) is 1. The summed E-state index contributed by atoms with van der Waals surface area (Å²) in [5.74, 6) is -0.520. The Morgan fingerprint density at radius 3 is 2.78 bits per heavy atom. The van der Waals surface area contributed by atoms with Crippen molar-refractivity contribution in [3.63, 3.8) is 0 Å². The van der Waals surface area contributed by atoms with Crippen molar-refractivity contribution in [3.8, 4) is 5.75 Å². The molecule has 0 spiro atoms. The van der Waals surface area contributed by atoms with Crippen LogP contribution in [0.15, 0.2) is 47.4 Å². The molecule has 3 saturated carbocycles. The SMILES string of the molecule is O=C(COc1ccc(Cl)c(F)c1)NC12CC(NC3CCCC(n4ccccc4=O)N3)(C1)C2. The summed E-state index contributed by atoms with van der Waals surface area (Å²) in [6.07, 6.45) is 7.53. The van der Waals surface area contributed by atoms with Gasteiger partial charge in [0.15, 0.2) is 6.61 Å². The molecule has 4 fully saturated rings. The highest BCUT2D eigenvalue weighted by molar-refractivity contribution is 6.30. The van der Waals surface area contributed by atoms with Crippen LogP contribution in [0.3, 0.4) is 0 Å². The van der Waals surface area contributed by atoms with Crippen molar-refractivity contribution >= 4 is 17.5 Å². The number of ether oxygens (including phenoxy) is 1. The Morgan fingerprint density at radius 1 is 1.22 bits per heavy atom. The molecule has 2 heterocycles. The van der Waals surface area contributed by atoms with E-state index in [1.807, 2.05) is 12.3 Å². The fraction of sp³-hybridized carbons (Fsp3) is 0.478. The number of carbonyl (C=O) groups is 1. The molecule has 6 rings (SSSR count). The lowest BCUT2D eigenvalue weighted by molar-refractivity contribution is -0.146. The second kappa shape index (κ2) is 8.17. The van der Waals surface area contributed by atoms with Crippen molar-refractivity contribution in [1.29, 1.82) is 0 Å². The number of rotatable bonds is 7. The Hall–Kier alpha value is -2.42. The first kappa shape index (κ1) is 21.4. The van der Waals surface area contributed by atoms with Crippen molar-refractivity contribution in [2.45, 2.75) is 61.9 Å². The zero-order valence-corrected chi connectivity index (χ0v) is 18.3. The van der Waals surface area contributed by atoms with E-state index in [2.05, 4.69) is 16.0 Å². The molecule has 4 aliphatic rings. The van der Waals surface area contributed by atoms with Gasteiger partial charge in [-0.05, 0) is 56.7 Å². The van der Waals surface area contributed by atoms with E-state index in [1.165, 1.54) is 18.2 Å². The second-order valence-electron chi connectivity index (χ2n) is 9.26. The van der Waals surface area contributed by atoms with Crippen molar-refractivity contribution < 1.29 is 13.9 Å². The summed E-state index contributed by atoms with van der Waals surface area (Å²) in [5, 5.41) is 10.4. The first-order valence-electron chi connectivity index (χ1n) is 11.0. The van der Waals surface area contributed by atoms with E-state index in [4.69, 9.17) is 16.3 Å². The lowest BCUT2D eigenvalue weighted by Gasteiger charge is -2.71. The van der Waals surface area contributed by atoms with Gasteiger partial charge in [-0.1, -0.05) is 17.7 Å². The zero-order valence-electron chi connectivity index (χ0n) is 17.6. The van der Waals surface area contributed by atoms with Crippen LogP contribution in [-0.4, -0.2) is 34.3 Å². The normalized spacial score (nSPS) is 30.7. The number of benzene rings is 1. The lowest BCUT2D eigenvalue weighted by atomic mass is 9.44. The lowest BCUT2D eigenvalue weighted by Crippen LogP contribution is -2.85. The predicted octanol–water partition coefficient (Wildman–Crippen LogP) is 2.70. The van der Waals surface area contributed by atoms with Crippen LogP contribution in [0.1, 0.15) is 44.7 Å². The molecule has 3 aliphatic carbocycles. The monoisotopic (exact) mass is 460 g/mol. The van der Waals surface area contributed by atoms with Gasteiger partial charge >= 0.3 is 0 Å². The standard InChI is InChI=1S/C23H26ClFN4O3/c24-16-8-7-15(10-17(16)25)32-11-20(30)28-23-12-22(13-23,14-23)27-18-4-3-5-19(26-18)29-9-2-1-6-21(29)31/h1-2,6-10,18-19,26-27H,3-5,11-14H2,(H,28,30). The molecular weight excluding hydrogens is 435 g/mol. The topological polar surface area (TPSA) is 84.4 Å². The van der Waals surface area contributed by atoms with Crippen LogP contribution in [0.5, 0.6) is 5.75 Å².